The molecule has 0 saturated heterocycles. The fourth-order valence-electron chi connectivity index (χ4n) is 3.54. The highest BCUT2D eigenvalue weighted by molar-refractivity contribution is 6.32. The van der Waals surface area contributed by atoms with Gasteiger partial charge in [-0.15, -0.1) is 0 Å². The number of fused-ring (bicyclic) bond motifs is 3. The van der Waals surface area contributed by atoms with E-state index in [1.54, 1.807) is 22.8 Å². The number of ether oxygens (including phenoxy) is 2. The van der Waals surface area contributed by atoms with Crippen LogP contribution in [0.1, 0.15) is 17.8 Å². The summed E-state index contributed by atoms with van der Waals surface area (Å²) in [5.74, 6) is 1.90. The van der Waals surface area contributed by atoms with Gasteiger partial charge in [0.1, 0.15) is 19.0 Å². The first-order valence-corrected chi connectivity index (χ1v) is 9.36. The smallest absolute Gasteiger partial charge is 0.261 e. The number of hydrogen-bond acceptors (Lipinski definition) is 4. The molecule has 0 atom stereocenters. The summed E-state index contributed by atoms with van der Waals surface area (Å²) < 4.78 is 12.9. The summed E-state index contributed by atoms with van der Waals surface area (Å²) in [6.45, 7) is 1.58. The first kappa shape index (κ1) is 16.7. The van der Waals surface area contributed by atoms with Crippen LogP contribution in [0.3, 0.4) is 0 Å². The normalized spacial score (nSPS) is 16.7. The van der Waals surface area contributed by atoms with Gasteiger partial charge < -0.3 is 9.47 Å². The Labute approximate surface area is 164 Å². The van der Waals surface area contributed by atoms with Crippen molar-refractivity contribution < 1.29 is 9.47 Å². The van der Waals surface area contributed by atoms with Gasteiger partial charge in [0.2, 0.25) is 0 Å². The molecule has 0 bridgehead atoms. The summed E-state index contributed by atoms with van der Waals surface area (Å²) in [6.07, 6.45) is 2.72. The third-order valence-electron chi connectivity index (χ3n) is 4.77. The van der Waals surface area contributed by atoms with E-state index in [9.17, 15) is 4.79 Å². The lowest BCUT2D eigenvalue weighted by atomic mass is 10.1. The lowest BCUT2D eigenvalue weighted by Gasteiger charge is -2.19. The van der Waals surface area contributed by atoms with E-state index in [0.29, 0.717) is 58.0 Å². The quantitative estimate of drug-likeness (QED) is 0.606. The number of hydrogen-bond donors (Lipinski definition) is 0. The number of halogens is 2. The maximum atomic E-state index is 12.8. The van der Waals surface area contributed by atoms with Gasteiger partial charge in [-0.25, -0.2) is 4.98 Å². The molecule has 0 N–H and O–H groups in total. The molecule has 5 nitrogen and oxygen atoms in total. The van der Waals surface area contributed by atoms with Crippen molar-refractivity contribution in [3.8, 4) is 11.5 Å². The Balaban J connectivity index is 1.63. The zero-order chi connectivity index (χ0) is 18.5. The number of nitrogens with zero attached hydrogens (tertiary/aromatic N) is 2. The van der Waals surface area contributed by atoms with E-state index in [1.807, 2.05) is 18.2 Å². The van der Waals surface area contributed by atoms with Crippen molar-refractivity contribution in [2.45, 2.75) is 13.0 Å². The number of benzene rings is 2. The SMILES string of the molecule is O=c1c2cc(Cl)ccc2nc2n1CC/C2=C/c1cc(Cl)c2c(c1)OCCO2. The highest BCUT2D eigenvalue weighted by Gasteiger charge is 2.22. The lowest BCUT2D eigenvalue weighted by Crippen LogP contribution is -2.20. The van der Waals surface area contributed by atoms with Crippen LogP contribution in [-0.4, -0.2) is 22.8 Å². The van der Waals surface area contributed by atoms with Crippen LogP contribution < -0.4 is 15.0 Å². The molecule has 3 aromatic rings. The van der Waals surface area contributed by atoms with E-state index in [1.165, 1.54) is 0 Å². The average molecular weight is 401 g/mol. The lowest BCUT2D eigenvalue weighted by molar-refractivity contribution is 0.171. The van der Waals surface area contributed by atoms with Crippen molar-refractivity contribution in [2.75, 3.05) is 13.2 Å². The van der Waals surface area contributed by atoms with Gasteiger partial charge in [-0.05, 0) is 54.0 Å². The zero-order valence-corrected chi connectivity index (χ0v) is 15.7. The summed E-state index contributed by atoms with van der Waals surface area (Å²) in [6, 6.07) is 8.92. The van der Waals surface area contributed by atoms with Gasteiger partial charge in [0.05, 0.1) is 15.9 Å². The topological polar surface area (TPSA) is 53.4 Å². The minimum absolute atomic E-state index is 0.0684. The average Bonchev–Trinajstić information content (AvgIpc) is 3.05. The molecule has 136 valence electrons. The molecule has 2 aliphatic rings. The van der Waals surface area contributed by atoms with E-state index in [-0.39, 0.29) is 5.56 Å². The summed E-state index contributed by atoms with van der Waals surface area (Å²) in [4.78, 5) is 17.5. The minimum Gasteiger partial charge on any atom is -0.486 e. The summed E-state index contributed by atoms with van der Waals surface area (Å²) >= 11 is 12.4. The highest BCUT2D eigenvalue weighted by atomic mass is 35.5. The zero-order valence-electron chi connectivity index (χ0n) is 14.2. The van der Waals surface area contributed by atoms with Gasteiger partial charge in [0, 0.05) is 11.6 Å². The van der Waals surface area contributed by atoms with Crippen LogP contribution in [0.2, 0.25) is 10.0 Å². The van der Waals surface area contributed by atoms with Crippen molar-refractivity contribution in [1.82, 2.24) is 9.55 Å². The van der Waals surface area contributed by atoms with Gasteiger partial charge in [-0.3, -0.25) is 9.36 Å². The van der Waals surface area contributed by atoms with Crippen LogP contribution in [0.15, 0.2) is 35.1 Å². The van der Waals surface area contributed by atoms with Crippen molar-refractivity contribution in [3.05, 3.63) is 62.1 Å². The Morgan fingerprint density at radius 1 is 1.11 bits per heavy atom. The second-order valence-electron chi connectivity index (χ2n) is 6.50. The molecular formula is C20H14Cl2N2O3. The van der Waals surface area contributed by atoms with Crippen LogP contribution in [-0.2, 0) is 6.54 Å². The predicted molar refractivity (Wildman–Crippen MR) is 106 cm³/mol. The molecule has 0 saturated carbocycles. The van der Waals surface area contributed by atoms with Crippen LogP contribution in [0.25, 0.3) is 22.6 Å². The standard InChI is InChI=1S/C20H14Cl2N2O3/c21-13-1-2-16-14(10-13)20(25)24-4-3-12(19(24)23-16)7-11-8-15(22)18-17(9-11)26-5-6-27-18/h1-2,7-10H,3-6H2/b12-7-. The Bertz CT molecular complexity index is 1180. The van der Waals surface area contributed by atoms with Crippen LogP contribution in [0, 0.1) is 0 Å². The van der Waals surface area contributed by atoms with E-state index >= 15 is 0 Å². The Hall–Kier alpha value is -2.50. The Morgan fingerprint density at radius 3 is 2.85 bits per heavy atom. The highest BCUT2D eigenvalue weighted by Crippen LogP contribution is 2.39. The molecule has 0 fully saturated rings. The number of allylic oxidation sites excluding steroid dienone is 1. The van der Waals surface area contributed by atoms with Crippen LogP contribution in [0.5, 0.6) is 11.5 Å². The third kappa shape index (κ3) is 2.78. The Morgan fingerprint density at radius 2 is 1.96 bits per heavy atom. The van der Waals surface area contributed by atoms with E-state index in [0.717, 1.165) is 17.6 Å². The predicted octanol–water partition coefficient (Wildman–Crippen LogP) is 4.42. The summed E-state index contributed by atoms with van der Waals surface area (Å²) in [5.41, 5.74) is 2.44. The van der Waals surface area contributed by atoms with Crippen LogP contribution >= 0.6 is 23.2 Å². The molecule has 7 heteroatoms. The molecule has 3 heterocycles. The molecule has 0 spiro atoms. The monoisotopic (exact) mass is 400 g/mol. The van der Waals surface area contributed by atoms with Crippen molar-refractivity contribution >= 4 is 45.8 Å². The molecular weight excluding hydrogens is 387 g/mol. The molecule has 0 amide bonds. The van der Waals surface area contributed by atoms with Gasteiger partial charge in [0.25, 0.3) is 5.56 Å². The molecule has 27 heavy (non-hydrogen) atoms. The molecule has 1 aromatic heterocycles. The minimum atomic E-state index is -0.0684. The molecule has 5 rings (SSSR count). The maximum absolute atomic E-state index is 12.8. The molecule has 2 aromatic carbocycles. The number of aromatic nitrogens is 2. The summed E-state index contributed by atoms with van der Waals surface area (Å²) in [5, 5.41) is 1.58. The van der Waals surface area contributed by atoms with Gasteiger partial charge in [-0.1, -0.05) is 23.2 Å². The van der Waals surface area contributed by atoms with Gasteiger partial charge in [-0.2, -0.15) is 0 Å². The van der Waals surface area contributed by atoms with Crippen LogP contribution in [0.4, 0.5) is 0 Å². The molecule has 0 radical (unpaired) electrons. The first-order valence-electron chi connectivity index (χ1n) is 8.60. The second-order valence-corrected chi connectivity index (χ2v) is 7.34. The van der Waals surface area contributed by atoms with E-state index in [2.05, 4.69) is 0 Å². The molecule has 0 aliphatic carbocycles. The van der Waals surface area contributed by atoms with Crippen molar-refractivity contribution in [2.24, 2.45) is 0 Å². The molecule has 0 unspecified atom stereocenters. The first-order chi connectivity index (χ1) is 13.1. The van der Waals surface area contributed by atoms with Crippen molar-refractivity contribution in [1.29, 1.82) is 0 Å². The molecule has 2 aliphatic heterocycles. The summed E-state index contributed by atoms with van der Waals surface area (Å²) in [7, 11) is 0. The fourth-order valence-corrected chi connectivity index (χ4v) is 3.99. The second kappa shape index (κ2) is 6.29. The third-order valence-corrected chi connectivity index (χ3v) is 5.28. The van der Waals surface area contributed by atoms with E-state index in [4.69, 9.17) is 37.7 Å². The number of rotatable bonds is 1. The maximum Gasteiger partial charge on any atom is 0.261 e. The Kier molecular flexibility index (Phi) is 3.88. The van der Waals surface area contributed by atoms with E-state index < -0.39 is 0 Å². The fraction of sp³-hybridized carbons (Fsp3) is 0.200. The van der Waals surface area contributed by atoms with Gasteiger partial charge >= 0.3 is 0 Å². The van der Waals surface area contributed by atoms with Crippen molar-refractivity contribution in [3.63, 3.8) is 0 Å². The largest absolute Gasteiger partial charge is 0.486 e. The van der Waals surface area contributed by atoms with Gasteiger partial charge in [0.15, 0.2) is 11.5 Å².